The molecule has 0 spiro atoms. The van der Waals surface area contributed by atoms with Crippen LogP contribution in [0.15, 0.2) is 45.7 Å². The van der Waals surface area contributed by atoms with E-state index in [1.807, 2.05) is 0 Å². The Morgan fingerprint density at radius 2 is 2.17 bits per heavy atom. The number of fused-ring (bicyclic) bond motifs is 1. The quantitative estimate of drug-likeness (QED) is 0.494. The molecule has 0 unspecified atom stereocenters. The second-order valence-corrected chi connectivity index (χ2v) is 8.71. The first-order valence-corrected chi connectivity index (χ1v) is 11.0. The summed E-state index contributed by atoms with van der Waals surface area (Å²) in [6, 6.07) is 8.00. The average molecular weight is 433 g/mol. The minimum absolute atomic E-state index is 0.00197. The molecule has 1 aromatic carbocycles. The van der Waals surface area contributed by atoms with Crippen molar-refractivity contribution < 1.29 is 18.6 Å². The van der Waals surface area contributed by atoms with Gasteiger partial charge in [-0.25, -0.2) is 0 Å². The summed E-state index contributed by atoms with van der Waals surface area (Å²) in [6.45, 7) is 1.56. The number of hydrogen-bond donors (Lipinski definition) is 5. The van der Waals surface area contributed by atoms with Crippen LogP contribution in [-0.4, -0.2) is 50.4 Å². The van der Waals surface area contributed by atoms with Gasteiger partial charge >= 0.3 is 0 Å². The van der Waals surface area contributed by atoms with Crippen LogP contribution < -0.4 is 20.8 Å². The van der Waals surface area contributed by atoms with Gasteiger partial charge in [0.1, 0.15) is 5.75 Å². The first kappa shape index (κ1) is 20.3. The molecule has 4 rings (SSSR count). The number of aromatic amines is 1. The van der Waals surface area contributed by atoms with Crippen molar-refractivity contribution in [3.63, 3.8) is 0 Å². The highest BCUT2D eigenvalue weighted by Gasteiger charge is 2.28. The average Bonchev–Trinajstić information content (AvgIpc) is 2.71. The van der Waals surface area contributed by atoms with Crippen LogP contribution in [0, 0.1) is 5.92 Å². The van der Waals surface area contributed by atoms with E-state index in [9.17, 15) is 18.7 Å². The van der Waals surface area contributed by atoms with Gasteiger partial charge in [-0.1, -0.05) is 6.07 Å². The fraction of sp³-hybridized carbons (Fsp3) is 0.316. The molecule has 3 heterocycles. The molecule has 0 bridgehead atoms. The summed E-state index contributed by atoms with van der Waals surface area (Å²) in [5.41, 5.74) is 7.05. The SMILES string of the molecule is NC1=NS(O)(O)Nc2cccc(OC[C@H]3CCCN(C(=O)c4ccc(=O)[nH]c4)C3)c21. The van der Waals surface area contributed by atoms with Crippen molar-refractivity contribution in [2.45, 2.75) is 12.8 Å². The number of likely N-dealkylation sites (tertiary alicyclic amines) is 1. The summed E-state index contributed by atoms with van der Waals surface area (Å²) in [6.07, 6.45) is 3.19. The van der Waals surface area contributed by atoms with Crippen LogP contribution in [0.25, 0.3) is 0 Å². The molecular weight excluding hydrogens is 410 g/mol. The highest BCUT2D eigenvalue weighted by Crippen LogP contribution is 2.46. The highest BCUT2D eigenvalue weighted by atomic mass is 32.3. The van der Waals surface area contributed by atoms with E-state index in [1.165, 1.54) is 18.3 Å². The standard InChI is InChI=1S/C19H23N5O5S/c20-18-17-14(22-30(27,28)23-18)4-1-5-15(17)29-11-12-3-2-8-24(10-12)19(26)13-6-7-16(25)21-9-13/h1,4-7,9,12,22,27-28H,2-3,8,10-11H2,(H2,20,23)(H,21,25)/t12-/m0/s1. The lowest BCUT2D eigenvalue weighted by atomic mass is 9.98. The molecule has 11 heteroatoms. The third kappa shape index (κ3) is 4.27. The Labute approximate surface area is 174 Å². The number of piperidine rings is 1. The van der Waals surface area contributed by atoms with Crippen LogP contribution in [0.2, 0.25) is 0 Å². The largest absolute Gasteiger partial charge is 0.492 e. The molecule has 1 fully saturated rings. The lowest BCUT2D eigenvalue weighted by molar-refractivity contribution is 0.0633. The minimum atomic E-state index is -3.35. The van der Waals surface area contributed by atoms with Gasteiger partial charge in [-0.3, -0.25) is 23.4 Å². The zero-order chi connectivity index (χ0) is 21.3. The van der Waals surface area contributed by atoms with Crippen molar-refractivity contribution in [2.24, 2.45) is 16.0 Å². The topological polar surface area (TPSA) is 153 Å². The number of carbonyl (C=O) groups excluding carboxylic acids is 1. The number of carbonyl (C=O) groups is 1. The minimum Gasteiger partial charge on any atom is -0.492 e. The molecule has 160 valence electrons. The number of amides is 1. The van der Waals surface area contributed by atoms with Gasteiger partial charge in [0, 0.05) is 31.3 Å². The number of pyridine rings is 1. The van der Waals surface area contributed by atoms with Crippen molar-refractivity contribution >= 4 is 28.4 Å². The van der Waals surface area contributed by atoms with E-state index < -0.39 is 11.0 Å². The van der Waals surface area contributed by atoms with Crippen LogP contribution in [0.4, 0.5) is 5.69 Å². The number of rotatable bonds is 4. The summed E-state index contributed by atoms with van der Waals surface area (Å²) in [5.74, 6) is 0.480. The molecule has 1 saturated heterocycles. The Morgan fingerprint density at radius 3 is 2.93 bits per heavy atom. The lowest BCUT2D eigenvalue weighted by Gasteiger charge is -2.34. The van der Waals surface area contributed by atoms with Crippen molar-refractivity contribution in [1.82, 2.24) is 9.88 Å². The third-order valence-corrected chi connectivity index (χ3v) is 6.01. The Morgan fingerprint density at radius 1 is 1.33 bits per heavy atom. The van der Waals surface area contributed by atoms with E-state index in [-0.39, 0.29) is 23.2 Å². The second kappa shape index (κ2) is 8.01. The number of H-pyrrole nitrogens is 1. The Kier molecular flexibility index (Phi) is 5.41. The highest BCUT2D eigenvalue weighted by molar-refractivity contribution is 8.24. The number of hydrogen-bond acceptors (Lipinski definition) is 8. The van der Waals surface area contributed by atoms with Gasteiger partial charge in [-0.2, -0.15) is 0 Å². The number of amidine groups is 1. The maximum Gasteiger partial charge on any atom is 0.255 e. The van der Waals surface area contributed by atoms with Crippen molar-refractivity contribution in [1.29, 1.82) is 0 Å². The third-order valence-electron chi connectivity index (χ3n) is 5.07. The van der Waals surface area contributed by atoms with Crippen LogP contribution in [0.1, 0.15) is 28.8 Å². The number of nitrogens with zero attached hydrogens (tertiary/aromatic N) is 2. The summed E-state index contributed by atoms with van der Waals surface area (Å²) >= 11 is 0. The molecule has 1 amide bonds. The molecule has 2 aliphatic heterocycles. The van der Waals surface area contributed by atoms with Crippen LogP contribution >= 0.6 is 11.0 Å². The maximum absolute atomic E-state index is 12.7. The molecule has 0 radical (unpaired) electrons. The van der Waals surface area contributed by atoms with E-state index >= 15 is 0 Å². The summed E-state index contributed by atoms with van der Waals surface area (Å²) < 4.78 is 31.8. The Hall–Kier alpha value is -3.02. The molecule has 30 heavy (non-hydrogen) atoms. The van der Waals surface area contributed by atoms with E-state index in [0.29, 0.717) is 42.3 Å². The predicted molar refractivity (Wildman–Crippen MR) is 115 cm³/mol. The first-order chi connectivity index (χ1) is 14.3. The molecule has 2 aromatic rings. The number of nitrogens with two attached hydrogens (primary N) is 1. The van der Waals surface area contributed by atoms with E-state index in [2.05, 4.69) is 14.1 Å². The monoisotopic (exact) mass is 433 g/mol. The van der Waals surface area contributed by atoms with Crippen LogP contribution in [0.3, 0.4) is 0 Å². The zero-order valence-corrected chi connectivity index (χ0v) is 16.9. The summed E-state index contributed by atoms with van der Waals surface area (Å²) in [7, 11) is -3.35. The van der Waals surface area contributed by atoms with Crippen LogP contribution in [-0.2, 0) is 0 Å². The molecular formula is C19H23N5O5S. The van der Waals surface area contributed by atoms with Crippen molar-refractivity contribution in [3.8, 4) is 5.75 Å². The first-order valence-electron chi connectivity index (χ1n) is 9.48. The fourth-order valence-corrected chi connectivity index (χ4v) is 4.55. The smallest absolute Gasteiger partial charge is 0.255 e. The maximum atomic E-state index is 12.7. The van der Waals surface area contributed by atoms with Gasteiger partial charge in [0.25, 0.3) is 5.91 Å². The van der Waals surface area contributed by atoms with Gasteiger partial charge in [-0.15, -0.1) is 4.40 Å². The predicted octanol–water partition coefficient (Wildman–Crippen LogP) is 2.02. The van der Waals surface area contributed by atoms with Gasteiger partial charge < -0.3 is 20.4 Å². The Bertz CT molecular complexity index is 1030. The molecule has 1 atom stereocenters. The van der Waals surface area contributed by atoms with E-state index in [1.54, 1.807) is 23.1 Å². The molecule has 10 nitrogen and oxygen atoms in total. The molecule has 1 aromatic heterocycles. The summed E-state index contributed by atoms with van der Waals surface area (Å²) in [5, 5.41) is 0. The number of anilines is 1. The Balaban J connectivity index is 1.43. The number of aromatic nitrogens is 1. The van der Waals surface area contributed by atoms with Gasteiger partial charge in [0.05, 0.1) is 23.4 Å². The molecule has 2 aliphatic rings. The molecule has 6 N–H and O–H groups in total. The number of nitrogens with one attached hydrogen (secondary N) is 2. The zero-order valence-electron chi connectivity index (χ0n) is 16.1. The van der Waals surface area contributed by atoms with Crippen molar-refractivity contribution in [2.75, 3.05) is 24.4 Å². The number of benzene rings is 1. The molecule has 0 saturated carbocycles. The van der Waals surface area contributed by atoms with Gasteiger partial charge in [-0.05, 0) is 42.0 Å². The fourth-order valence-electron chi connectivity index (χ4n) is 3.67. The normalized spacial score (nSPS) is 21.1. The van der Waals surface area contributed by atoms with Crippen LogP contribution in [0.5, 0.6) is 5.75 Å². The second-order valence-electron chi connectivity index (χ2n) is 7.29. The van der Waals surface area contributed by atoms with Crippen molar-refractivity contribution in [3.05, 3.63) is 58.0 Å². The van der Waals surface area contributed by atoms with E-state index in [4.69, 9.17) is 10.5 Å². The van der Waals surface area contributed by atoms with E-state index in [0.717, 1.165) is 12.8 Å². The summed E-state index contributed by atoms with van der Waals surface area (Å²) in [4.78, 5) is 28.2. The lowest BCUT2D eigenvalue weighted by Crippen LogP contribution is -2.41. The van der Waals surface area contributed by atoms with Gasteiger partial charge in [0.2, 0.25) is 5.56 Å². The molecule has 0 aliphatic carbocycles. The van der Waals surface area contributed by atoms with Gasteiger partial charge in [0.15, 0.2) is 5.84 Å². The number of ether oxygens (including phenoxy) is 1.